The van der Waals surface area contributed by atoms with Gasteiger partial charge in [-0.25, -0.2) is 9.98 Å². The van der Waals surface area contributed by atoms with Gasteiger partial charge in [0.1, 0.15) is 0 Å². The average molecular weight is 192 g/mol. The fourth-order valence-corrected chi connectivity index (χ4v) is 0.406. The molecular weight excluding hydrogens is 174 g/mol. The first-order valence-electron chi connectivity index (χ1n) is 3.90. The first-order chi connectivity index (χ1) is 5.06. The molecule has 3 nitrogen and oxygen atoms in total. The predicted octanol–water partition coefficient (Wildman–Crippen LogP) is 1.73. The number of halogens is 1. The van der Waals surface area contributed by atoms with E-state index in [1.54, 1.807) is 0 Å². The van der Waals surface area contributed by atoms with E-state index in [9.17, 15) is 0 Å². The van der Waals surface area contributed by atoms with Crippen LogP contribution in [0.3, 0.4) is 0 Å². The van der Waals surface area contributed by atoms with E-state index in [1.807, 2.05) is 20.8 Å². The molecule has 12 heavy (non-hydrogen) atoms. The molecule has 2 N–H and O–H groups in total. The Bertz CT molecular complexity index is 154. The highest BCUT2D eigenvalue weighted by Crippen LogP contribution is 2.03. The van der Waals surface area contributed by atoms with Gasteiger partial charge < -0.3 is 5.73 Å². The van der Waals surface area contributed by atoms with Crippen molar-refractivity contribution in [2.75, 3.05) is 13.1 Å². The highest BCUT2D eigenvalue weighted by molar-refractivity contribution is 5.85. The third-order valence-electron chi connectivity index (χ3n) is 0.930. The van der Waals surface area contributed by atoms with Gasteiger partial charge in [-0.1, -0.05) is 0 Å². The van der Waals surface area contributed by atoms with E-state index in [4.69, 9.17) is 5.73 Å². The number of aliphatic imine (C=N–C) groups is 2. The zero-order chi connectivity index (χ0) is 8.74. The topological polar surface area (TPSA) is 50.7 Å². The van der Waals surface area contributed by atoms with E-state index in [-0.39, 0.29) is 17.9 Å². The normalized spacial score (nSPS) is 9.67. The van der Waals surface area contributed by atoms with Crippen molar-refractivity contribution in [3.63, 3.8) is 0 Å². The molecule has 0 amide bonds. The third kappa shape index (κ3) is 12.3. The summed E-state index contributed by atoms with van der Waals surface area (Å²) in [6.45, 7) is 7.45. The minimum absolute atomic E-state index is 0. The summed E-state index contributed by atoms with van der Waals surface area (Å²) in [6, 6.07) is 2.65. The lowest BCUT2D eigenvalue weighted by Crippen LogP contribution is -2.08. The van der Waals surface area contributed by atoms with Crippen LogP contribution in [0.25, 0.3) is 0 Å². The molecule has 0 aromatic rings. The van der Waals surface area contributed by atoms with Crippen molar-refractivity contribution in [1.29, 1.82) is 0 Å². The van der Waals surface area contributed by atoms with E-state index >= 15 is 0 Å². The summed E-state index contributed by atoms with van der Waals surface area (Å²) in [5.41, 5.74) is 5.21. The zero-order valence-electron chi connectivity index (χ0n) is 8.00. The van der Waals surface area contributed by atoms with E-state index in [1.165, 1.54) is 0 Å². The summed E-state index contributed by atoms with van der Waals surface area (Å²) >= 11 is 0. The van der Waals surface area contributed by atoms with Crippen molar-refractivity contribution >= 4 is 18.4 Å². The molecule has 0 fully saturated rings. The second-order valence-corrected chi connectivity index (χ2v) is 3.41. The molecule has 0 aliphatic heterocycles. The van der Waals surface area contributed by atoms with Gasteiger partial charge >= 0.3 is 0 Å². The molecule has 0 heterocycles. The van der Waals surface area contributed by atoms with Crippen LogP contribution in [0.5, 0.6) is 0 Å². The van der Waals surface area contributed by atoms with Crippen LogP contribution in [0.1, 0.15) is 27.2 Å². The number of rotatable bonds is 3. The lowest BCUT2D eigenvalue weighted by molar-refractivity contribution is 0.586. The number of nitrogens with zero attached hydrogens (tertiary/aromatic N) is 2. The molecule has 0 aliphatic carbocycles. The first kappa shape index (κ1) is 14.2. The highest BCUT2D eigenvalue weighted by atomic mass is 35.5. The summed E-state index contributed by atoms with van der Waals surface area (Å²) in [4.78, 5) is 8.02. The lowest BCUT2D eigenvalue weighted by atomic mass is 10.1. The van der Waals surface area contributed by atoms with Crippen LogP contribution in [-0.4, -0.2) is 24.6 Å². The number of hydrogen-bond donors (Lipinski definition) is 1. The van der Waals surface area contributed by atoms with Crippen molar-refractivity contribution in [3.8, 4) is 0 Å². The van der Waals surface area contributed by atoms with Gasteiger partial charge in [0.2, 0.25) is 0 Å². The molecule has 0 unspecified atom stereocenters. The van der Waals surface area contributed by atoms with E-state index in [0.717, 1.165) is 13.0 Å². The van der Waals surface area contributed by atoms with Crippen molar-refractivity contribution in [2.45, 2.75) is 32.7 Å². The Kier molecular flexibility index (Phi) is 8.61. The summed E-state index contributed by atoms with van der Waals surface area (Å²) in [6.07, 6.45) is 0.909. The molecule has 0 atom stereocenters. The van der Waals surface area contributed by atoms with Gasteiger partial charge in [-0.05, 0) is 33.7 Å². The molecule has 0 aromatic carbocycles. The molecule has 4 heteroatoms. The summed E-state index contributed by atoms with van der Waals surface area (Å²) in [5, 5.41) is 0. The van der Waals surface area contributed by atoms with Crippen LogP contribution in [0, 0.1) is 0 Å². The van der Waals surface area contributed by atoms with Gasteiger partial charge in [0.25, 0.3) is 0 Å². The third-order valence-corrected chi connectivity index (χ3v) is 0.930. The van der Waals surface area contributed by atoms with Crippen molar-refractivity contribution < 1.29 is 0 Å². The van der Waals surface area contributed by atoms with Gasteiger partial charge in [0, 0.05) is 0 Å². The molecule has 0 aliphatic rings. The minimum Gasteiger partial charge on any atom is -0.330 e. The fraction of sp³-hybridized carbons (Fsp3) is 0.875. The average Bonchev–Trinajstić information content (AvgIpc) is 1.85. The van der Waals surface area contributed by atoms with Crippen LogP contribution in [-0.2, 0) is 0 Å². The van der Waals surface area contributed by atoms with Crippen LogP contribution >= 0.6 is 12.4 Å². The smallest absolute Gasteiger partial charge is 0.0898 e. The Balaban J connectivity index is 0. The Morgan fingerprint density at radius 3 is 2.33 bits per heavy atom. The Morgan fingerprint density at radius 2 is 1.92 bits per heavy atom. The highest BCUT2D eigenvalue weighted by Gasteiger charge is 2.03. The van der Waals surface area contributed by atoms with Crippen LogP contribution < -0.4 is 5.73 Å². The zero-order valence-corrected chi connectivity index (χ0v) is 8.82. The molecule has 72 valence electrons. The van der Waals surface area contributed by atoms with Gasteiger partial charge in [-0.15, -0.1) is 12.4 Å². The Morgan fingerprint density at radius 1 is 1.33 bits per heavy atom. The fourth-order valence-electron chi connectivity index (χ4n) is 0.406. The van der Waals surface area contributed by atoms with E-state index in [2.05, 4.69) is 16.0 Å². The molecule has 0 saturated heterocycles. The first-order valence-corrected chi connectivity index (χ1v) is 3.90. The molecule has 0 saturated carbocycles. The van der Waals surface area contributed by atoms with Crippen LogP contribution in [0.15, 0.2) is 9.98 Å². The van der Waals surface area contributed by atoms with Gasteiger partial charge in [-0.2, -0.15) is 0 Å². The van der Waals surface area contributed by atoms with Crippen LogP contribution in [0.4, 0.5) is 0 Å². The maximum absolute atomic E-state index is 5.28. The molecule has 0 spiro atoms. The molecule has 0 rings (SSSR count). The lowest BCUT2D eigenvalue weighted by Gasteiger charge is -2.06. The second kappa shape index (κ2) is 7.29. The minimum atomic E-state index is -0.0633. The van der Waals surface area contributed by atoms with Gasteiger partial charge in [0.15, 0.2) is 0 Å². The van der Waals surface area contributed by atoms with Gasteiger partial charge in [-0.3, -0.25) is 0 Å². The SMILES string of the molecule is CC(C)(C)N=C=NCCCN.Cl. The second-order valence-electron chi connectivity index (χ2n) is 3.41. The summed E-state index contributed by atoms with van der Waals surface area (Å²) < 4.78 is 0. The number of nitrogens with two attached hydrogens (primary N) is 1. The van der Waals surface area contributed by atoms with E-state index < -0.39 is 0 Å². The summed E-state index contributed by atoms with van der Waals surface area (Å²) in [7, 11) is 0. The maximum atomic E-state index is 5.28. The Labute approximate surface area is 80.6 Å². The predicted molar refractivity (Wildman–Crippen MR) is 55.4 cm³/mol. The maximum Gasteiger partial charge on any atom is 0.0898 e. The standard InChI is InChI=1S/C8H17N3.ClH/c1-8(2,3)11-7-10-6-4-5-9;/h4-6,9H2,1-3H3;1H. The quantitative estimate of drug-likeness (QED) is 0.536. The molecular formula is C8H18ClN3. The van der Waals surface area contributed by atoms with Gasteiger partial charge in [0.05, 0.1) is 18.1 Å². The number of hydrogen-bond acceptors (Lipinski definition) is 3. The van der Waals surface area contributed by atoms with Crippen molar-refractivity contribution in [3.05, 3.63) is 0 Å². The van der Waals surface area contributed by atoms with E-state index in [0.29, 0.717) is 6.54 Å². The molecule has 0 bridgehead atoms. The van der Waals surface area contributed by atoms with Crippen molar-refractivity contribution in [2.24, 2.45) is 15.7 Å². The molecule has 0 radical (unpaired) electrons. The largest absolute Gasteiger partial charge is 0.330 e. The van der Waals surface area contributed by atoms with Crippen molar-refractivity contribution in [1.82, 2.24) is 0 Å². The molecule has 0 aromatic heterocycles. The Hall–Kier alpha value is -0.370. The summed E-state index contributed by atoms with van der Waals surface area (Å²) in [5.74, 6) is 0. The monoisotopic (exact) mass is 191 g/mol. The van der Waals surface area contributed by atoms with Crippen LogP contribution in [0.2, 0.25) is 0 Å².